The predicted molar refractivity (Wildman–Crippen MR) is 163 cm³/mol. The molecule has 0 aliphatic carbocycles. The van der Waals surface area contributed by atoms with E-state index in [1.807, 2.05) is 20.8 Å². The van der Waals surface area contributed by atoms with Crippen molar-refractivity contribution >= 4 is 18.4 Å². The summed E-state index contributed by atoms with van der Waals surface area (Å²) in [5.74, 6) is 0. The fourth-order valence-corrected chi connectivity index (χ4v) is 3.31. The van der Waals surface area contributed by atoms with Gasteiger partial charge in [0, 0.05) is 66.8 Å². The van der Waals surface area contributed by atoms with Gasteiger partial charge in [0.15, 0.2) is 0 Å². The van der Waals surface area contributed by atoms with Crippen LogP contribution in [0.5, 0.6) is 0 Å². The van der Waals surface area contributed by atoms with Crippen LogP contribution in [0.15, 0.2) is 0 Å². The molecule has 2 fully saturated rings. The van der Waals surface area contributed by atoms with Crippen molar-refractivity contribution in [1.29, 1.82) is 0 Å². The van der Waals surface area contributed by atoms with E-state index < -0.39 is 29.1 Å². The van der Waals surface area contributed by atoms with Crippen LogP contribution in [0.4, 0.5) is 14.4 Å². The molecule has 3 N–H and O–H groups in total. The van der Waals surface area contributed by atoms with E-state index in [0.29, 0.717) is 33.1 Å². The standard InChI is InChI=1S/C11H22N2O3.C10H18O5.C6H14N2O.C2H6/c1-11(2,3)16-10(15)13-6-4-12(5-7-13)8-9-14;1-9(2,3)14-7(11)13-8(12)15-10(4,5)6;9-6-5-8-3-1-7-2-4-8;1-2/h14H,4-9H2,1-3H3;1-6H3;7,9H,1-6H2;1-2H3/i;;;1D. The topological polar surface area (TPSA) is 150 Å². The van der Waals surface area contributed by atoms with Gasteiger partial charge < -0.3 is 39.4 Å². The number of piperazine rings is 2. The molecule has 2 aliphatic rings. The molecule has 0 bridgehead atoms. The first-order valence-corrected chi connectivity index (χ1v) is 14.5. The van der Waals surface area contributed by atoms with Gasteiger partial charge in [0.2, 0.25) is 0 Å². The highest BCUT2D eigenvalue weighted by Gasteiger charge is 2.26. The zero-order chi connectivity index (χ0) is 33.7. The minimum absolute atomic E-state index is 0.173. The Morgan fingerprint density at radius 1 is 0.690 bits per heavy atom. The van der Waals surface area contributed by atoms with Gasteiger partial charge in [0.25, 0.3) is 0 Å². The van der Waals surface area contributed by atoms with Gasteiger partial charge >= 0.3 is 18.4 Å². The first-order chi connectivity index (χ1) is 19.8. The summed E-state index contributed by atoms with van der Waals surface area (Å²) in [6.07, 6.45) is -2.36. The first-order valence-electron chi connectivity index (χ1n) is 15.3. The normalized spacial score (nSPS) is 16.6. The minimum Gasteiger partial charge on any atom is -0.444 e. The molecule has 0 atom stereocenters. The number of hydrogen-bond acceptors (Lipinski definition) is 12. The third-order valence-corrected chi connectivity index (χ3v) is 5.01. The molecule has 2 rings (SSSR count). The van der Waals surface area contributed by atoms with Crippen LogP contribution in [0.3, 0.4) is 0 Å². The van der Waals surface area contributed by atoms with Crippen molar-refractivity contribution < 1.29 is 44.9 Å². The van der Waals surface area contributed by atoms with Gasteiger partial charge in [-0.05, 0) is 62.3 Å². The lowest BCUT2D eigenvalue weighted by atomic mass is 10.2. The molecule has 2 heterocycles. The van der Waals surface area contributed by atoms with Crippen LogP contribution in [-0.4, -0.2) is 139 Å². The zero-order valence-electron chi connectivity index (χ0n) is 28.8. The Labute approximate surface area is 255 Å². The predicted octanol–water partition coefficient (Wildman–Crippen LogP) is 3.31. The van der Waals surface area contributed by atoms with E-state index in [0.717, 1.165) is 45.8 Å². The molecule has 0 saturated carbocycles. The molecule has 0 spiro atoms. The van der Waals surface area contributed by atoms with Crippen LogP contribution < -0.4 is 5.32 Å². The summed E-state index contributed by atoms with van der Waals surface area (Å²) in [7, 11) is 0. The number of β-amino-alcohol motifs (C(OH)–C–C–N with tert-alkyl or cyclic N) is 2. The van der Waals surface area contributed by atoms with Crippen molar-refractivity contribution in [1.82, 2.24) is 20.0 Å². The molecule has 13 heteroatoms. The molecule has 250 valence electrons. The summed E-state index contributed by atoms with van der Waals surface area (Å²) in [5, 5.41) is 20.6. The summed E-state index contributed by atoms with van der Waals surface area (Å²) in [4.78, 5) is 39.9. The Hall–Kier alpha value is -2.19. The summed E-state index contributed by atoms with van der Waals surface area (Å²) in [6, 6.07) is 0. The van der Waals surface area contributed by atoms with Gasteiger partial charge in [-0.25, -0.2) is 14.4 Å². The van der Waals surface area contributed by atoms with Crippen molar-refractivity contribution in [3.05, 3.63) is 0 Å². The maximum Gasteiger partial charge on any atom is 0.519 e. The lowest BCUT2D eigenvalue weighted by molar-refractivity contribution is -0.0294. The Bertz CT molecular complexity index is 726. The summed E-state index contributed by atoms with van der Waals surface area (Å²) in [5.41, 5.74) is -1.82. The number of carbonyl (C=O) groups is 3. The third kappa shape index (κ3) is 25.5. The molecule has 1 amide bonds. The smallest absolute Gasteiger partial charge is 0.444 e. The van der Waals surface area contributed by atoms with Crippen LogP contribution in [-0.2, 0) is 18.9 Å². The van der Waals surface area contributed by atoms with Crippen LogP contribution in [0.1, 0.15) is 77.5 Å². The van der Waals surface area contributed by atoms with E-state index in [2.05, 4.69) is 19.9 Å². The minimum atomic E-state index is -1.06. The van der Waals surface area contributed by atoms with Crippen molar-refractivity contribution in [3.63, 3.8) is 0 Å². The van der Waals surface area contributed by atoms with Crippen molar-refractivity contribution in [2.24, 2.45) is 0 Å². The van der Waals surface area contributed by atoms with Gasteiger partial charge in [0.05, 0.1) is 13.2 Å². The highest BCUT2D eigenvalue weighted by molar-refractivity contribution is 5.77. The Morgan fingerprint density at radius 2 is 1.05 bits per heavy atom. The number of carbonyl (C=O) groups excluding carboxylic acids is 3. The summed E-state index contributed by atoms with van der Waals surface area (Å²) < 4.78 is 25.3. The van der Waals surface area contributed by atoms with Crippen LogP contribution in [0, 0.1) is 0 Å². The van der Waals surface area contributed by atoms with E-state index >= 15 is 0 Å². The zero-order valence-corrected chi connectivity index (χ0v) is 27.8. The largest absolute Gasteiger partial charge is 0.519 e. The second-order valence-electron chi connectivity index (χ2n) is 12.4. The number of nitrogens with one attached hydrogen (secondary N) is 1. The lowest BCUT2D eigenvalue weighted by Crippen LogP contribution is -2.50. The van der Waals surface area contributed by atoms with Gasteiger partial charge in [-0.3, -0.25) is 9.80 Å². The van der Waals surface area contributed by atoms with Gasteiger partial charge in [0.1, 0.15) is 16.8 Å². The van der Waals surface area contributed by atoms with Crippen LogP contribution in [0.2, 0.25) is 0 Å². The molecule has 0 radical (unpaired) electrons. The second-order valence-corrected chi connectivity index (χ2v) is 12.4. The SMILES string of the molecule is CC(C)(C)OC(=O)N1CCN(CCO)CC1.CC(C)(C)OC(=O)OC(=O)OC(C)(C)C.OCCN1CCNCC1.[2H]CC. The van der Waals surface area contributed by atoms with E-state index in [1.54, 1.807) is 53.4 Å². The Kier molecular flexibility index (Phi) is 20.4. The Balaban J connectivity index is 0. The molecule has 0 aromatic heterocycles. The third-order valence-electron chi connectivity index (χ3n) is 5.01. The number of ether oxygens (including phenoxy) is 4. The van der Waals surface area contributed by atoms with Crippen molar-refractivity contribution in [3.8, 4) is 0 Å². The lowest BCUT2D eigenvalue weighted by Gasteiger charge is -2.35. The molecule has 0 aromatic carbocycles. The number of rotatable bonds is 4. The van der Waals surface area contributed by atoms with E-state index in [9.17, 15) is 14.4 Å². The number of nitrogens with zero attached hydrogens (tertiary/aromatic N) is 3. The first kappa shape index (κ1) is 39.8. The average Bonchev–Trinajstić information content (AvgIpc) is 2.83. The number of aliphatic hydroxyl groups is 2. The molecule has 2 saturated heterocycles. The van der Waals surface area contributed by atoms with Gasteiger partial charge in [-0.2, -0.15) is 0 Å². The maximum absolute atomic E-state index is 11.7. The van der Waals surface area contributed by atoms with E-state index in [1.165, 1.54) is 0 Å². The molecular weight excluding hydrogens is 548 g/mol. The monoisotopic (exact) mass is 609 g/mol. The number of hydrogen-bond donors (Lipinski definition) is 3. The highest BCUT2D eigenvalue weighted by Crippen LogP contribution is 2.12. The van der Waals surface area contributed by atoms with Crippen molar-refractivity contribution in [2.75, 3.05) is 78.7 Å². The Morgan fingerprint density at radius 3 is 1.38 bits per heavy atom. The van der Waals surface area contributed by atoms with Gasteiger partial charge in [-0.15, -0.1) is 0 Å². The summed E-state index contributed by atoms with van der Waals surface area (Å²) in [6.45, 7) is 27.2. The highest BCUT2D eigenvalue weighted by atomic mass is 16.8. The summed E-state index contributed by atoms with van der Waals surface area (Å²) >= 11 is 0. The van der Waals surface area contributed by atoms with Crippen LogP contribution in [0.25, 0.3) is 0 Å². The van der Waals surface area contributed by atoms with E-state index in [-0.39, 0.29) is 12.7 Å². The quantitative estimate of drug-likeness (QED) is 0.244. The molecule has 0 aromatic rings. The second kappa shape index (κ2) is 21.5. The molecule has 42 heavy (non-hydrogen) atoms. The number of amides is 1. The molecule has 0 unspecified atom stereocenters. The molecule has 2 aliphatic heterocycles. The van der Waals surface area contributed by atoms with E-state index in [4.69, 9.17) is 25.8 Å². The van der Waals surface area contributed by atoms with Crippen molar-refractivity contribution in [2.45, 2.75) is 92.9 Å². The maximum atomic E-state index is 11.7. The van der Waals surface area contributed by atoms with Crippen LogP contribution >= 0.6 is 0 Å². The molecule has 13 nitrogen and oxygen atoms in total. The van der Waals surface area contributed by atoms with Gasteiger partial charge in [-0.1, -0.05) is 13.8 Å². The fraction of sp³-hybridized carbons (Fsp3) is 0.897. The molecular formula is C29H60N4O9. The fourth-order valence-electron chi connectivity index (χ4n) is 3.31. The number of aliphatic hydroxyl groups excluding tert-OH is 2. The average molecular weight is 610 g/mol.